The second-order valence-electron chi connectivity index (χ2n) is 9.37. The van der Waals surface area contributed by atoms with Crippen LogP contribution in [-0.4, -0.2) is 54.2 Å². The van der Waals surface area contributed by atoms with Crippen molar-refractivity contribution in [2.45, 2.75) is 58.5 Å². The Labute approximate surface area is 188 Å². The number of amides is 2. The van der Waals surface area contributed by atoms with E-state index in [2.05, 4.69) is 19.2 Å². The molecule has 4 unspecified atom stereocenters. The van der Waals surface area contributed by atoms with Crippen LogP contribution in [0.2, 0.25) is 0 Å². The molecule has 0 radical (unpaired) electrons. The van der Waals surface area contributed by atoms with Gasteiger partial charge in [0.25, 0.3) is 11.8 Å². The summed E-state index contributed by atoms with van der Waals surface area (Å²) in [6.45, 7) is 5.09. The van der Waals surface area contributed by atoms with E-state index in [9.17, 15) is 19.2 Å². The Bertz CT molecular complexity index is 894. The first-order valence-corrected chi connectivity index (χ1v) is 11.8. The van der Waals surface area contributed by atoms with Crippen molar-refractivity contribution >= 4 is 23.6 Å². The number of hydrogen-bond donors (Lipinski definition) is 1. The van der Waals surface area contributed by atoms with E-state index in [1.54, 1.807) is 24.3 Å². The van der Waals surface area contributed by atoms with Crippen molar-refractivity contribution in [1.29, 1.82) is 0 Å². The van der Waals surface area contributed by atoms with Crippen LogP contribution in [0.25, 0.3) is 0 Å². The predicted molar refractivity (Wildman–Crippen MR) is 118 cm³/mol. The number of ether oxygens (including phenoxy) is 1. The van der Waals surface area contributed by atoms with Crippen LogP contribution in [0.5, 0.6) is 0 Å². The summed E-state index contributed by atoms with van der Waals surface area (Å²) in [7, 11) is 0. The van der Waals surface area contributed by atoms with Crippen molar-refractivity contribution in [1.82, 2.24) is 10.2 Å². The van der Waals surface area contributed by atoms with Crippen molar-refractivity contribution in [3.63, 3.8) is 0 Å². The molecule has 2 fully saturated rings. The lowest BCUT2D eigenvalue weighted by Crippen LogP contribution is -2.52. The fourth-order valence-electron chi connectivity index (χ4n) is 5.12. The number of esters is 1. The van der Waals surface area contributed by atoms with E-state index in [0.29, 0.717) is 30.6 Å². The molecule has 3 aliphatic rings. The molecular formula is C25H32N2O5. The number of Topliss-reactive ketones (excluding diaryl/α,β-unsaturated/α-hetero) is 1. The zero-order chi connectivity index (χ0) is 22.9. The Morgan fingerprint density at radius 2 is 1.81 bits per heavy atom. The Balaban J connectivity index is 1.40. The van der Waals surface area contributed by atoms with Crippen molar-refractivity contribution in [3.05, 3.63) is 35.4 Å². The molecule has 1 aliphatic carbocycles. The highest BCUT2D eigenvalue weighted by Gasteiger charge is 2.65. The zero-order valence-corrected chi connectivity index (χ0v) is 18.9. The number of imide groups is 1. The Hall–Kier alpha value is -2.54. The molecule has 4 rings (SSSR count). The lowest BCUT2D eigenvalue weighted by Gasteiger charge is -2.31. The minimum atomic E-state index is -0.723. The Kier molecular flexibility index (Phi) is 6.47. The quantitative estimate of drug-likeness (QED) is 0.469. The number of nitrogens with zero attached hydrogens (tertiary/aromatic N) is 1. The average molecular weight is 441 g/mol. The van der Waals surface area contributed by atoms with E-state index in [1.807, 2.05) is 0 Å². The Morgan fingerprint density at radius 1 is 1.12 bits per heavy atom. The van der Waals surface area contributed by atoms with E-state index in [-0.39, 0.29) is 36.0 Å². The maximum atomic E-state index is 13.4. The average Bonchev–Trinajstić information content (AvgIpc) is 3.42. The molecule has 0 aromatic heterocycles. The fourth-order valence-corrected chi connectivity index (χ4v) is 5.12. The molecule has 172 valence electrons. The highest BCUT2D eigenvalue weighted by atomic mass is 16.6. The van der Waals surface area contributed by atoms with E-state index in [1.165, 1.54) is 4.90 Å². The van der Waals surface area contributed by atoms with Gasteiger partial charge in [0, 0.05) is 32.0 Å². The first kappa shape index (κ1) is 22.6. The molecule has 1 saturated carbocycles. The molecular weight excluding hydrogens is 408 g/mol. The van der Waals surface area contributed by atoms with Gasteiger partial charge in [0.15, 0.2) is 0 Å². The number of unbranched alkanes of at least 4 members (excludes halogenated alkanes) is 1. The molecule has 0 bridgehead atoms. The van der Waals surface area contributed by atoms with Crippen LogP contribution in [0.1, 0.15) is 73.1 Å². The number of fused-ring (bicyclic) bond motifs is 1. The molecule has 1 spiro atoms. The van der Waals surface area contributed by atoms with Gasteiger partial charge < -0.3 is 10.1 Å². The molecule has 1 N–H and O–H groups in total. The largest absolute Gasteiger partial charge is 0.461 e. The van der Waals surface area contributed by atoms with Crippen molar-refractivity contribution < 1.29 is 23.9 Å². The van der Waals surface area contributed by atoms with Crippen LogP contribution < -0.4 is 5.32 Å². The van der Waals surface area contributed by atoms with E-state index in [4.69, 9.17) is 4.74 Å². The minimum Gasteiger partial charge on any atom is -0.461 e. The highest BCUT2D eigenvalue weighted by molar-refractivity contribution is 6.21. The summed E-state index contributed by atoms with van der Waals surface area (Å²) in [5.74, 6) is -1.52. The second-order valence-corrected chi connectivity index (χ2v) is 9.37. The van der Waals surface area contributed by atoms with Gasteiger partial charge in [-0.25, -0.2) is 0 Å². The molecule has 1 saturated heterocycles. The zero-order valence-electron chi connectivity index (χ0n) is 18.9. The summed E-state index contributed by atoms with van der Waals surface area (Å²) in [4.78, 5) is 52.7. The number of piperidine rings is 1. The van der Waals surface area contributed by atoms with Gasteiger partial charge in [-0.15, -0.1) is 0 Å². The van der Waals surface area contributed by atoms with Crippen LogP contribution in [0.15, 0.2) is 24.3 Å². The van der Waals surface area contributed by atoms with Gasteiger partial charge in [-0.3, -0.25) is 24.1 Å². The third-order valence-electron chi connectivity index (χ3n) is 7.11. The maximum absolute atomic E-state index is 13.4. The van der Waals surface area contributed by atoms with Crippen molar-refractivity contribution in [3.8, 4) is 0 Å². The minimum absolute atomic E-state index is 0.00814. The van der Waals surface area contributed by atoms with Gasteiger partial charge in [-0.05, 0) is 25.0 Å². The lowest BCUT2D eigenvalue weighted by molar-refractivity contribution is -0.153. The number of ketones is 1. The van der Waals surface area contributed by atoms with Crippen LogP contribution in [0.4, 0.5) is 0 Å². The fraction of sp³-hybridized carbons (Fsp3) is 0.600. The third-order valence-corrected chi connectivity index (χ3v) is 7.11. The summed E-state index contributed by atoms with van der Waals surface area (Å²) in [5.41, 5.74) is 0.0464. The SMILES string of the molecule is CCCCC(CCC)C(=O)OC1CC12CNCC(CN1C(=O)c3ccccc3C1=O)C2=O. The van der Waals surface area contributed by atoms with E-state index < -0.39 is 17.4 Å². The third kappa shape index (κ3) is 3.98. The second kappa shape index (κ2) is 9.14. The molecule has 2 aliphatic heterocycles. The molecule has 4 atom stereocenters. The maximum Gasteiger partial charge on any atom is 0.309 e. The van der Waals surface area contributed by atoms with Crippen LogP contribution in [-0.2, 0) is 14.3 Å². The number of carbonyl (C=O) groups excluding carboxylic acids is 4. The van der Waals surface area contributed by atoms with Crippen molar-refractivity contribution in [2.24, 2.45) is 17.3 Å². The van der Waals surface area contributed by atoms with Crippen molar-refractivity contribution in [2.75, 3.05) is 19.6 Å². The van der Waals surface area contributed by atoms with Gasteiger partial charge in [0.05, 0.1) is 22.5 Å². The predicted octanol–water partition coefficient (Wildman–Crippen LogP) is 2.98. The van der Waals surface area contributed by atoms with Gasteiger partial charge in [0.2, 0.25) is 0 Å². The van der Waals surface area contributed by atoms with Gasteiger partial charge in [-0.2, -0.15) is 0 Å². The molecule has 1 aromatic carbocycles. The summed E-state index contributed by atoms with van der Waals surface area (Å²) < 4.78 is 5.80. The highest BCUT2D eigenvalue weighted by Crippen LogP contribution is 2.52. The van der Waals surface area contributed by atoms with Crippen LogP contribution >= 0.6 is 0 Å². The number of hydrogen-bond acceptors (Lipinski definition) is 6. The number of nitrogens with one attached hydrogen (secondary N) is 1. The standard InChI is InChI=1S/C25H32N2O5/c1-3-5-9-16(8-4-2)24(31)32-20-12-25(20)15-26-13-17(21(25)28)14-27-22(29)18-10-6-7-11-19(18)23(27)30/h6-7,10-11,16-17,20,26H,3-5,8-9,12-15H2,1-2H3. The Morgan fingerprint density at radius 3 is 2.44 bits per heavy atom. The monoisotopic (exact) mass is 440 g/mol. The van der Waals surface area contributed by atoms with E-state index in [0.717, 1.165) is 32.1 Å². The summed E-state index contributed by atoms with van der Waals surface area (Å²) in [5, 5.41) is 3.27. The van der Waals surface area contributed by atoms with Gasteiger partial charge in [-0.1, -0.05) is 45.2 Å². The molecule has 1 aromatic rings. The number of rotatable bonds is 9. The number of benzene rings is 1. The summed E-state index contributed by atoms with van der Waals surface area (Å²) in [6.07, 6.45) is 4.64. The van der Waals surface area contributed by atoms with Crippen LogP contribution in [0, 0.1) is 17.3 Å². The van der Waals surface area contributed by atoms with Gasteiger partial charge in [0.1, 0.15) is 11.9 Å². The number of carbonyl (C=O) groups is 4. The smallest absolute Gasteiger partial charge is 0.309 e. The summed E-state index contributed by atoms with van der Waals surface area (Å²) >= 11 is 0. The molecule has 7 heteroatoms. The lowest BCUT2D eigenvalue weighted by atomic mass is 9.85. The first-order chi connectivity index (χ1) is 15.4. The summed E-state index contributed by atoms with van der Waals surface area (Å²) in [6, 6.07) is 6.73. The van der Waals surface area contributed by atoms with E-state index >= 15 is 0 Å². The van der Waals surface area contributed by atoms with Crippen LogP contribution in [0.3, 0.4) is 0 Å². The molecule has 2 heterocycles. The normalized spacial score (nSPS) is 27.6. The van der Waals surface area contributed by atoms with Gasteiger partial charge >= 0.3 is 5.97 Å². The molecule has 32 heavy (non-hydrogen) atoms. The molecule has 7 nitrogen and oxygen atoms in total. The topological polar surface area (TPSA) is 92.8 Å². The molecule has 2 amide bonds. The first-order valence-electron chi connectivity index (χ1n) is 11.8.